The van der Waals surface area contributed by atoms with Gasteiger partial charge in [-0.1, -0.05) is 44.2 Å². The number of ether oxygens (including phenoxy) is 2. The lowest BCUT2D eigenvalue weighted by atomic mass is 9.92. The number of fused-ring (bicyclic) bond motifs is 1. The fourth-order valence-electron chi connectivity index (χ4n) is 4.36. The fraction of sp³-hybridized carbons (Fsp3) is 0.308. The van der Waals surface area contributed by atoms with Crippen molar-refractivity contribution in [2.45, 2.75) is 44.9 Å². The number of rotatable bonds is 5. The third kappa shape index (κ3) is 3.44. The number of carbonyl (C=O) groups excluding carboxylic acids is 1. The molecule has 5 rings (SSSR count). The largest absolute Gasteiger partial charge is 0.454 e. The zero-order valence-corrected chi connectivity index (χ0v) is 18.1. The van der Waals surface area contributed by atoms with Crippen LogP contribution in [0.5, 0.6) is 11.5 Å². The van der Waals surface area contributed by atoms with Gasteiger partial charge in [-0.05, 0) is 66.6 Å². The van der Waals surface area contributed by atoms with Gasteiger partial charge in [-0.25, -0.2) is 4.98 Å². The van der Waals surface area contributed by atoms with Gasteiger partial charge in [0.05, 0.1) is 5.41 Å². The number of benzene rings is 2. The Morgan fingerprint density at radius 2 is 1.81 bits per heavy atom. The van der Waals surface area contributed by atoms with E-state index in [0.717, 1.165) is 35.4 Å². The number of hydrogen-bond acceptors (Lipinski definition) is 4. The van der Waals surface area contributed by atoms with Gasteiger partial charge >= 0.3 is 0 Å². The second kappa shape index (κ2) is 7.41. The molecule has 0 saturated heterocycles. The number of hydrogen-bond donors (Lipinski definition) is 1. The van der Waals surface area contributed by atoms with Crippen LogP contribution >= 0.6 is 0 Å². The van der Waals surface area contributed by atoms with Crippen LogP contribution in [0.1, 0.15) is 50.9 Å². The molecule has 0 spiro atoms. The highest BCUT2D eigenvalue weighted by molar-refractivity contribution is 6.01. The maximum absolute atomic E-state index is 13.2. The van der Waals surface area contributed by atoms with E-state index in [0.29, 0.717) is 17.5 Å². The van der Waals surface area contributed by atoms with E-state index in [9.17, 15) is 4.79 Å². The molecule has 2 aromatic carbocycles. The van der Waals surface area contributed by atoms with Crippen molar-refractivity contribution in [1.29, 1.82) is 0 Å². The van der Waals surface area contributed by atoms with Gasteiger partial charge in [0.15, 0.2) is 11.5 Å². The minimum Gasteiger partial charge on any atom is -0.454 e. The molecule has 5 nitrogen and oxygen atoms in total. The van der Waals surface area contributed by atoms with Crippen molar-refractivity contribution in [3.05, 3.63) is 71.4 Å². The van der Waals surface area contributed by atoms with Crippen molar-refractivity contribution >= 4 is 11.7 Å². The van der Waals surface area contributed by atoms with E-state index in [2.05, 4.69) is 49.5 Å². The lowest BCUT2D eigenvalue weighted by Crippen LogP contribution is -2.28. The number of aryl methyl sites for hydroxylation is 1. The Morgan fingerprint density at radius 1 is 1.03 bits per heavy atom. The zero-order chi connectivity index (χ0) is 21.6. The number of nitrogens with one attached hydrogen (secondary N) is 1. The summed E-state index contributed by atoms with van der Waals surface area (Å²) in [5.41, 5.74) is 4.94. The van der Waals surface area contributed by atoms with Gasteiger partial charge in [-0.2, -0.15) is 0 Å². The summed E-state index contributed by atoms with van der Waals surface area (Å²) in [7, 11) is 0. The third-order valence-corrected chi connectivity index (χ3v) is 6.31. The first-order chi connectivity index (χ1) is 15.0. The number of amides is 1. The Balaban J connectivity index is 0.00000245. The zero-order valence-electron chi connectivity index (χ0n) is 18.1. The number of carbonyl (C=O) groups is 1. The summed E-state index contributed by atoms with van der Waals surface area (Å²) in [6.45, 7) is 6.61. The molecule has 5 heteroatoms. The SMILES string of the molecule is Cc1nc(NC(=O)C2(c3ccc4c(c3)OCO4)CC2)ccc1-c1ccccc1C(C)C.[HH]. The molecular weight excluding hydrogens is 388 g/mol. The molecular formula is C26H28N2O3. The third-order valence-electron chi connectivity index (χ3n) is 6.31. The Labute approximate surface area is 183 Å². The monoisotopic (exact) mass is 416 g/mol. The van der Waals surface area contributed by atoms with Crippen LogP contribution in [0.4, 0.5) is 5.82 Å². The van der Waals surface area contributed by atoms with Crippen LogP contribution in [0.2, 0.25) is 0 Å². The summed E-state index contributed by atoms with van der Waals surface area (Å²) in [5, 5.41) is 3.05. The van der Waals surface area contributed by atoms with Gasteiger partial charge in [-0.3, -0.25) is 4.79 Å². The predicted molar refractivity (Wildman–Crippen MR) is 123 cm³/mol. The van der Waals surface area contributed by atoms with Gasteiger partial charge in [0.2, 0.25) is 12.7 Å². The Bertz CT molecular complexity index is 1170. The smallest absolute Gasteiger partial charge is 0.236 e. The maximum atomic E-state index is 13.2. The highest BCUT2D eigenvalue weighted by atomic mass is 16.7. The lowest BCUT2D eigenvalue weighted by molar-refractivity contribution is -0.118. The first-order valence-electron chi connectivity index (χ1n) is 10.8. The van der Waals surface area contributed by atoms with Gasteiger partial charge in [-0.15, -0.1) is 0 Å². The predicted octanol–water partition coefficient (Wildman–Crippen LogP) is 5.83. The van der Waals surface area contributed by atoms with E-state index in [-0.39, 0.29) is 14.1 Å². The fourth-order valence-corrected chi connectivity index (χ4v) is 4.36. The molecule has 1 saturated carbocycles. The first kappa shape index (κ1) is 19.6. The minimum absolute atomic E-state index is 0. The molecule has 160 valence electrons. The van der Waals surface area contributed by atoms with Gasteiger partial charge in [0, 0.05) is 12.7 Å². The molecule has 1 fully saturated rings. The second-order valence-corrected chi connectivity index (χ2v) is 8.68. The maximum Gasteiger partial charge on any atom is 0.236 e. The molecule has 3 aromatic rings. The molecule has 1 aliphatic carbocycles. The van der Waals surface area contributed by atoms with Crippen LogP contribution < -0.4 is 14.8 Å². The summed E-state index contributed by atoms with van der Waals surface area (Å²) >= 11 is 0. The summed E-state index contributed by atoms with van der Waals surface area (Å²) < 4.78 is 10.9. The quantitative estimate of drug-likeness (QED) is 0.569. The minimum atomic E-state index is -0.514. The topological polar surface area (TPSA) is 60.5 Å². The summed E-state index contributed by atoms with van der Waals surface area (Å²) in [6.07, 6.45) is 1.63. The lowest BCUT2D eigenvalue weighted by Gasteiger charge is -2.18. The average molecular weight is 417 g/mol. The number of anilines is 1. The van der Waals surface area contributed by atoms with Crippen LogP contribution in [0.25, 0.3) is 11.1 Å². The molecule has 0 unspecified atom stereocenters. The number of nitrogens with zero attached hydrogens (tertiary/aromatic N) is 1. The van der Waals surface area contributed by atoms with Crippen molar-refractivity contribution in [3.8, 4) is 22.6 Å². The molecule has 2 aliphatic rings. The summed E-state index contributed by atoms with van der Waals surface area (Å²) in [4.78, 5) is 17.9. The van der Waals surface area contributed by atoms with Crippen LogP contribution in [0, 0.1) is 6.92 Å². The average Bonchev–Trinajstić information content (AvgIpc) is 3.45. The van der Waals surface area contributed by atoms with E-state index >= 15 is 0 Å². The molecule has 1 aliphatic heterocycles. The first-order valence-corrected chi connectivity index (χ1v) is 10.8. The van der Waals surface area contributed by atoms with Crippen molar-refractivity contribution in [2.75, 3.05) is 12.1 Å². The normalized spacial score (nSPS) is 15.7. The van der Waals surface area contributed by atoms with E-state index in [4.69, 9.17) is 14.5 Å². The summed E-state index contributed by atoms with van der Waals surface area (Å²) in [6, 6.07) is 18.2. The molecule has 1 N–H and O–H groups in total. The highest BCUT2D eigenvalue weighted by Crippen LogP contribution is 2.51. The van der Waals surface area contributed by atoms with Crippen molar-refractivity contribution in [1.82, 2.24) is 4.98 Å². The van der Waals surface area contributed by atoms with Crippen molar-refractivity contribution < 1.29 is 15.7 Å². The van der Waals surface area contributed by atoms with Crippen LogP contribution in [0.3, 0.4) is 0 Å². The Hall–Kier alpha value is -3.34. The van der Waals surface area contributed by atoms with Crippen molar-refractivity contribution in [3.63, 3.8) is 0 Å². The molecule has 0 bridgehead atoms. The summed E-state index contributed by atoms with van der Waals surface area (Å²) in [5.74, 6) is 2.42. The molecule has 1 aromatic heterocycles. The van der Waals surface area contributed by atoms with Gasteiger partial charge in [0.1, 0.15) is 5.82 Å². The molecule has 31 heavy (non-hydrogen) atoms. The standard InChI is InChI=1S/C26H26N2O3.H2/c1-16(2)19-6-4-5-7-21(19)20-9-11-24(27-17(20)3)28-25(29)26(12-13-26)18-8-10-22-23(14-18)31-15-30-22;/h4-11,14,16H,12-13,15H2,1-3H3,(H,27,28,29);1H. The molecule has 2 heterocycles. The second-order valence-electron chi connectivity index (χ2n) is 8.68. The van der Waals surface area contributed by atoms with Crippen LogP contribution in [-0.2, 0) is 10.2 Å². The van der Waals surface area contributed by atoms with Gasteiger partial charge in [0.25, 0.3) is 0 Å². The highest BCUT2D eigenvalue weighted by Gasteiger charge is 2.51. The van der Waals surface area contributed by atoms with Crippen LogP contribution in [-0.4, -0.2) is 17.7 Å². The van der Waals surface area contributed by atoms with Crippen molar-refractivity contribution in [2.24, 2.45) is 0 Å². The number of pyridine rings is 1. The Morgan fingerprint density at radius 3 is 2.55 bits per heavy atom. The van der Waals surface area contributed by atoms with E-state index < -0.39 is 5.41 Å². The van der Waals surface area contributed by atoms with Gasteiger partial charge < -0.3 is 14.8 Å². The van der Waals surface area contributed by atoms with E-state index in [1.54, 1.807) is 0 Å². The van der Waals surface area contributed by atoms with E-state index in [1.807, 2.05) is 31.2 Å². The molecule has 0 atom stereocenters. The molecule has 1 amide bonds. The van der Waals surface area contributed by atoms with Crippen LogP contribution in [0.15, 0.2) is 54.6 Å². The van der Waals surface area contributed by atoms with E-state index in [1.165, 1.54) is 11.1 Å². The number of aromatic nitrogens is 1. The molecule has 0 radical (unpaired) electrons. The Kier molecular flexibility index (Phi) is 4.69.